The first-order valence-corrected chi connectivity index (χ1v) is 13.7. The fraction of sp³-hybridized carbons (Fsp3) is 0.364. The van der Waals surface area contributed by atoms with Crippen LogP contribution in [0.5, 0.6) is 0 Å². The van der Waals surface area contributed by atoms with E-state index in [0.717, 1.165) is 28.7 Å². The Bertz CT molecular complexity index is 1340. The summed E-state index contributed by atoms with van der Waals surface area (Å²) in [5.74, 6) is 0.575. The summed E-state index contributed by atoms with van der Waals surface area (Å²) in [6.07, 6.45) is 1.52. The third-order valence-electron chi connectivity index (χ3n) is 7.38. The highest BCUT2D eigenvalue weighted by Crippen LogP contribution is 2.31. The van der Waals surface area contributed by atoms with Crippen LogP contribution in [0.15, 0.2) is 78.9 Å². The lowest BCUT2D eigenvalue weighted by molar-refractivity contribution is -0.540. The molecule has 1 heterocycles. The van der Waals surface area contributed by atoms with Gasteiger partial charge in [-0.2, -0.15) is 4.90 Å². The van der Waals surface area contributed by atoms with Crippen molar-refractivity contribution in [1.29, 1.82) is 0 Å². The molecule has 3 aromatic rings. The summed E-state index contributed by atoms with van der Waals surface area (Å²) in [6.45, 7) is 11.3. The number of nitrogens with zero attached hydrogens (tertiary/aromatic N) is 1. The van der Waals surface area contributed by atoms with Crippen molar-refractivity contribution in [2.75, 3.05) is 0 Å². The van der Waals surface area contributed by atoms with Gasteiger partial charge in [-0.15, -0.1) is 0 Å². The Morgan fingerprint density at radius 2 is 1.62 bits per heavy atom. The van der Waals surface area contributed by atoms with Crippen molar-refractivity contribution in [3.63, 3.8) is 0 Å². The van der Waals surface area contributed by atoms with E-state index in [1.54, 1.807) is 4.90 Å². The third kappa shape index (κ3) is 6.22. The number of carbonyl (C=O) groups is 2. The predicted octanol–water partition coefficient (Wildman–Crippen LogP) is 3.98. The highest BCUT2D eigenvalue weighted by molar-refractivity contribution is 6.02. The van der Waals surface area contributed by atoms with E-state index >= 15 is 0 Å². The van der Waals surface area contributed by atoms with Gasteiger partial charge in [0, 0.05) is 17.7 Å². The van der Waals surface area contributed by atoms with E-state index in [2.05, 4.69) is 44.9 Å². The van der Waals surface area contributed by atoms with Crippen LogP contribution in [0.4, 0.5) is 0 Å². The van der Waals surface area contributed by atoms with Crippen LogP contribution in [-0.4, -0.2) is 22.7 Å². The molecule has 1 aliphatic heterocycles. The summed E-state index contributed by atoms with van der Waals surface area (Å²) in [6, 6.07) is 25.6. The second kappa shape index (κ2) is 11.4. The number of hydrogen-bond acceptors (Lipinski definition) is 3. The third-order valence-corrected chi connectivity index (χ3v) is 7.38. The molecule has 3 aromatic carbocycles. The first-order valence-electron chi connectivity index (χ1n) is 13.7. The van der Waals surface area contributed by atoms with Gasteiger partial charge in [0.05, 0.1) is 0 Å². The van der Waals surface area contributed by atoms with E-state index in [-0.39, 0.29) is 23.8 Å². The van der Waals surface area contributed by atoms with Crippen LogP contribution in [-0.2, 0) is 28.8 Å². The molecule has 2 amide bonds. The molecular formula is C33H41N4O2+. The predicted molar refractivity (Wildman–Crippen MR) is 156 cm³/mol. The molecule has 0 unspecified atom stereocenters. The van der Waals surface area contributed by atoms with Crippen molar-refractivity contribution in [3.8, 4) is 0 Å². The quantitative estimate of drug-likeness (QED) is 0.395. The standard InChI is InChI=1S/C33H40N4O2/c1-23(2)18-19-33(26-14-10-7-11-15-26)30(39)37(31(34)36-33)22-25-16-17-28(32(3,4)5)27(20-25)29(38)35-21-24-12-8-6-9-13-24/h6-17,20,23H,18-19,21-22H2,1-5H3,(H2,34,36)(H,35,38)/p+1/t33-/m1/s1. The molecule has 6 nitrogen and oxygen atoms in total. The van der Waals surface area contributed by atoms with Crippen molar-refractivity contribution < 1.29 is 14.6 Å². The van der Waals surface area contributed by atoms with Gasteiger partial charge >= 0.3 is 11.9 Å². The Morgan fingerprint density at radius 3 is 2.23 bits per heavy atom. The highest BCUT2D eigenvalue weighted by atomic mass is 16.2. The first-order chi connectivity index (χ1) is 18.5. The van der Waals surface area contributed by atoms with Crippen LogP contribution in [0.1, 0.15) is 80.1 Å². The van der Waals surface area contributed by atoms with Gasteiger partial charge in [0.25, 0.3) is 5.91 Å². The van der Waals surface area contributed by atoms with Gasteiger partial charge in [-0.25, -0.2) is 0 Å². The van der Waals surface area contributed by atoms with Crippen molar-refractivity contribution in [3.05, 3.63) is 107 Å². The van der Waals surface area contributed by atoms with E-state index in [1.807, 2.05) is 78.9 Å². The van der Waals surface area contributed by atoms with Gasteiger partial charge in [0.1, 0.15) is 6.54 Å². The lowest BCUT2D eigenvalue weighted by atomic mass is 9.82. The van der Waals surface area contributed by atoms with Crippen LogP contribution in [0, 0.1) is 5.92 Å². The number of amides is 2. The molecule has 0 radical (unpaired) electrons. The maximum Gasteiger partial charge on any atom is 0.352 e. The Morgan fingerprint density at radius 1 is 0.974 bits per heavy atom. The molecule has 0 bridgehead atoms. The molecule has 1 atom stereocenters. The molecule has 204 valence electrons. The summed E-state index contributed by atoms with van der Waals surface area (Å²) in [5.41, 5.74) is 9.70. The normalized spacial score (nSPS) is 17.4. The largest absolute Gasteiger partial charge is 0.352 e. The van der Waals surface area contributed by atoms with Crippen LogP contribution >= 0.6 is 0 Å². The zero-order valence-electron chi connectivity index (χ0n) is 23.8. The molecule has 4 N–H and O–H groups in total. The lowest BCUT2D eigenvalue weighted by Gasteiger charge is -2.25. The average molecular weight is 526 g/mol. The lowest BCUT2D eigenvalue weighted by Crippen LogP contribution is -2.85. The SMILES string of the molecule is CC(C)CC[C@]1(c2ccccc2)[NH+]=C(N)N(Cc2ccc(C(C)(C)C)c(C(=O)NCc3ccccc3)c2)C1=O. The molecule has 1 aliphatic rings. The van der Waals surface area contributed by atoms with E-state index in [1.165, 1.54) is 0 Å². The maximum atomic E-state index is 14.0. The Hall–Kier alpha value is -3.93. The number of nitrogens with one attached hydrogen (secondary N) is 2. The van der Waals surface area contributed by atoms with Gasteiger partial charge in [0.15, 0.2) is 0 Å². The molecule has 4 rings (SSSR count). The summed E-state index contributed by atoms with van der Waals surface area (Å²) < 4.78 is 0. The Labute approximate surface area is 232 Å². The van der Waals surface area contributed by atoms with Gasteiger partial charge < -0.3 is 5.32 Å². The number of nitrogens with two attached hydrogens (primary N) is 1. The minimum absolute atomic E-state index is 0.0678. The number of benzene rings is 3. The minimum atomic E-state index is -0.906. The van der Waals surface area contributed by atoms with Gasteiger partial charge in [-0.05, 0) is 46.9 Å². The molecule has 6 heteroatoms. The minimum Gasteiger partial charge on any atom is -0.348 e. The fourth-order valence-electron chi connectivity index (χ4n) is 5.16. The van der Waals surface area contributed by atoms with Crippen molar-refractivity contribution in [1.82, 2.24) is 10.2 Å². The van der Waals surface area contributed by atoms with Crippen LogP contribution in [0.2, 0.25) is 0 Å². The van der Waals surface area contributed by atoms with Crippen LogP contribution in [0.3, 0.4) is 0 Å². The molecule has 0 aliphatic carbocycles. The number of rotatable bonds is 9. The van der Waals surface area contributed by atoms with Gasteiger partial charge in [-0.3, -0.25) is 20.3 Å². The molecule has 0 fully saturated rings. The Kier molecular flexibility index (Phi) is 8.24. The van der Waals surface area contributed by atoms with E-state index in [0.29, 0.717) is 30.4 Å². The molecule has 0 aromatic heterocycles. The fourth-order valence-corrected chi connectivity index (χ4v) is 5.16. The number of carbonyl (C=O) groups excluding carboxylic acids is 2. The smallest absolute Gasteiger partial charge is 0.348 e. The monoisotopic (exact) mass is 525 g/mol. The average Bonchev–Trinajstić information content (AvgIpc) is 3.16. The molecule has 0 saturated heterocycles. The van der Waals surface area contributed by atoms with Crippen LogP contribution < -0.4 is 16.0 Å². The maximum absolute atomic E-state index is 14.0. The highest BCUT2D eigenvalue weighted by Gasteiger charge is 2.53. The van der Waals surface area contributed by atoms with Crippen LogP contribution in [0.25, 0.3) is 0 Å². The second-order valence-corrected chi connectivity index (χ2v) is 11.9. The topological polar surface area (TPSA) is 89.4 Å². The van der Waals surface area contributed by atoms with Crippen molar-refractivity contribution in [2.45, 2.75) is 71.5 Å². The van der Waals surface area contributed by atoms with Gasteiger partial charge in [0.2, 0.25) is 5.54 Å². The molecule has 0 spiro atoms. The number of hydrogen-bond donors (Lipinski definition) is 3. The van der Waals surface area contributed by atoms with Crippen molar-refractivity contribution >= 4 is 17.8 Å². The second-order valence-electron chi connectivity index (χ2n) is 11.9. The van der Waals surface area contributed by atoms with Gasteiger partial charge in [-0.1, -0.05) is 107 Å². The zero-order valence-corrected chi connectivity index (χ0v) is 23.8. The first kappa shape index (κ1) is 28.1. The van der Waals surface area contributed by atoms with Crippen molar-refractivity contribution in [2.24, 2.45) is 11.7 Å². The number of guanidine groups is 1. The van der Waals surface area contributed by atoms with E-state index in [9.17, 15) is 9.59 Å². The Balaban J connectivity index is 1.62. The van der Waals surface area contributed by atoms with E-state index < -0.39 is 5.54 Å². The molecule has 39 heavy (non-hydrogen) atoms. The summed E-state index contributed by atoms with van der Waals surface area (Å²) >= 11 is 0. The molecular weight excluding hydrogens is 484 g/mol. The summed E-state index contributed by atoms with van der Waals surface area (Å²) in [7, 11) is 0. The zero-order chi connectivity index (χ0) is 28.2. The molecule has 0 saturated carbocycles. The van der Waals surface area contributed by atoms with E-state index in [4.69, 9.17) is 5.73 Å². The summed E-state index contributed by atoms with van der Waals surface area (Å²) in [4.78, 5) is 32.4. The summed E-state index contributed by atoms with van der Waals surface area (Å²) in [5, 5.41) is 3.07.